The van der Waals surface area contributed by atoms with E-state index in [1.54, 1.807) is 0 Å². The summed E-state index contributed by atoms with van der Waals surface area (Å²) in [6.07, 6.45) is 0. The first-order valence-corrected chi connectivity index (χ1v) is 22.6. The molecule has 0 saturated heterocycles. The number of nitrogens with zero attached hydrogens (tertiary/aromatic N) is 4. The van der Waals surface area contributed by atoms with Crippen molar-refractivity contribution in [3.05, 3.63) is 253 Å². The molecule has 0 atom stereocenters. The molecule has 306 valence electrons. The maximum Gasteiger partial charge on any atom is 0.166 e. The van der Waals surface area contributed by atoms with Gasteiger partial charge in [-0.15, -0.1) is 0 Å². The zero-order valence-electron chi connectivity index (χ0n) is 35.7. The molecule has 0 fully saturated rings. The Morgan fingerprint density at radius 1 is 0.318 bits per heavy atom. The van der Waals surface area contributed by atoms with E-state index in [0.29, 0.717) is 17.5 Å². The Morgan fingerprint density at radius 3 is 1.53 bits per heavy atom. The number of rotatable bonds is 5. The van der Waals surface area contributed by atoms with Crippen LogP contribution in [0.25, 0.3) is 106 Å². The van der Waals surface area contributed by atoms with E-state index in [1.807, 2.05) is 0 Å². The van der Waals surface area contributed by atoms with Gasteiger partial charge < -0.3 is 4.57 Å². The van der Waals surface area contributed by atoms with Gasteiger partial charge in [0.1, 0.15) is 0 Å². The molecule has 2 aromatic heterocycles. The molecule has 14 rings (SSSR count). The van der Waals surface area contributed by atoms with E-state index >= 15 is 0 Å². The zero-order valence-corrected chi connectivity index (χ0v) is 35.7. The highest BCUT2D eigenvalue weighted by Crippen LogP contribution is 2.64. The molecule has 0 N–H and O–H groups in total. The van der Waals surface area contributed by atoms with Crippen LogP contribution in [0.3, 0.4) is 0 Å². The number of fused-ring (bicyclic) bond motifs is 15. The Hall–Kier alpha value is -8.73. The lowest BCUT2D eigenvalue weighted by molar-refractivity contribution is 0.801. The van der Waals surface area contributed by atoms with E-state index in [0.717, 1.165) is 49.9 Å². The third kappa shape index (κ3) is 5.18. The highest BCUT2D eigenvalue weighted by molar-refractivity contribution is 6.13. The van der Waals surface area contributed by atoms with Crippen molar-refractivity contribution in [3.8, 4) is 73.2 Å². The Balaban J connectivity index is 1.03. The lowest BCUT2D eigenvalue weighted by atomic mass is 9.69. The minimum Gasteiger partial charge on any atom is -0.309 e. The molecule has 4 heteroatoms. The molecule has 2 heterocycles. The van der Waals surface area contributed by atoms with Gasteiger partial charge in [0.15, 0.2) is 17.5 Å². The summed E-state index contributed by atoms with van der Waals surface area (Å²) in [7, 11) is 0. The quantitative estimate of drug-likeness (QED) is 0.173. The van der Waals surface area contributed by atoms with E-state index in [9.17, 15) is 0 Å². The van der Waals surface area contributed by atoms with Gasteiger partial charge in [-0.2, -0.15) is 0 Å². The summed E-state index contributed by atoms with van der Waals surface area (Å²) in [5.74, 6) is 1.86. The second-order valence-electron chi connectivity index (χ2n) is 17.5. The van der Waals surface area contributed by atoms with Gasteiger partial charge in [0.25, 0.3) is 0 Å². The predicted molar refractivity (Wildman–Crippen MR) is 270 cm³/mol. The highest BCUT2D eigenvalue weighted by atomic mass is 15.0. The number of aromatic nitrogens is 4. The number of hydrogen-bond donors (Lipinski definition) is 0. The van der Waals surface area contributed by atoms with Crippen molar-refractivity contribution >= 4 is 32.6 Å². The molecule has 0 unspecified atom stereocenters. The van der Waals surface area contributed by atoms with Crippen molar-refractivity contribution in [1.29, 1.82) is 0 Å². The molecule has 4 nitrogen and oxygen atoms in total. The molecule has 1 spiro atoms. The van der Waals surface area contributed by atoms with Crippen LogP contribution in [-0.4, -0.2) is 19.5 Å². The van der Waals surface area contributed by atoms with E-state index in [2.05, 4.69) is 235 Å². The lowest BCUT2D eigenvalue weighted by Gasteiger charge is -2.31. The third-order valence-electron chi connectivity index (χ3n) is 14.1. The second-order valence-corrected chi connectivity index (χ2v) is 17.5. The van der Waals surface area contributed by atoms with Crippen LogP contribution in [0.2, 0.25) is 0 Å². The maximum atomic E-state index is 5.48. The summed E-state index contributed by atoms with van der Waals surface area (Å²) < 4.78 is 2.35. The topological polar surface area (TPSA) is 43.6 Å². The van der Waals surface area contributed by atoms with E-state index in [4.69, 9.17) is 15.0 Å². The Kier molecular flexibility index (Phi) is 7.87. The van der Waals surface area contributed by atoms with Gasteiger partial charge in [-0.05, 0) is 96.7 Å². The molecule has 2 aliphatic carbocycles. The van der Waals surface area contributed by atoms with Crippen LogP contribution in [0.15, 0.2) is 231 Å². The Bertz CT molecular complexity index is 3860. The van der Waals surface area contributed by atoms with Crippen molar-refractivity contribution in [2.75, 3.05) is 0 Å². The first-order valence-electron chi connectivity index (χ1n) is 22.6. The fourth-order valence-corrected chi connectivity index (χ4v) is 11.3. The summed E-state index contributed by atoms with van der Waals surface area (Å²) >= 11 is 0. The standard InChI is InChI=1S/C62H38N4/c1-3-16-39(17-4-1)40-30-33-42(34-31-40)59-63-60(65-61(64-59)51-25-15-24-50-48-23-10-14-29-56(48)66(58(50)51)44-18-5-2-6-19-44)43-35-32-41-36-37-49-47-22-9-13-28-55(47)62(57(49)52(41)38-43)53-26-11-7-20-45(53)46-21-8-12-27-54(46)62/h1-38H. The summed E-state index contributed by atoms with van der Waals surface area (Å²) in [5.41, 5.74) is 18.3. The zero-order chi connectivity index (χ0) is 43.3. The molecule has 10 aromatic carbocycles. The molecule has 0 bridgehead atoms. The van der Waals surface area contributed by atoms with Crippen LogP contribution in [-0.2, 0) is 5.41 Å². The summed E-state index contributed by atoms with van der Waals surface area (Å²) in [6, 6.07) is 83.2. The van der Waals surface area contributed by atoms with Crippen LogP contribution in [0.4, 0.5) is 0 Å². The molecule has 2 aliphatic rings. The van der Waals surface area contributed by atoms with Gasteiger partial charge >= 0.3 is 0 Å². The largest absolute Gasteiger partial charge is 0.309 e. The minimum atomic E-state index is -0.492. The second kappa shape index (κ2) is 14.1. The Morgan fingerprint density at radius 2 is 0.818 bits per heavy atom. The molecular weight excluding hydrogens is 801 g/mol. The monoisotopic (exact) mass is 838 g/mol. The SMILES string of the molecule is c1ccc(-c2ccc(-c3nc(-c4ccc5ccc6c(c5c4)C4(c5ccccc5-c5ccccc54)c4ccccc4-6)nc(-c4cccc5c6ccccc6n(-c6ccccc6)c45)n3)cc2)cc1. The predicted octanol–water partition coefficient (Wildman–Crippen LogP) is 15.1. The van der Waals surface area contributed by atoms with Crippen molar-refractivity contribution in [2.45, 2.75) is 5.41 Å². The van der Waals surface area contributed by atoms with E-state index < -0.39 is 5.41 Å². The highest BCUT2D eigenvalue weighted by Gasteiger charge is 2.52. The van der Waals surface area contributed by atoms with Crippen molar-refractivity contribution in [1.82, 2.24) is 19.5 Å². The number of benzene rings is 10. The average molecular weight is 839 g/mol. The normalized spacial score (nSPS) is 13.0. The van der Waals surface area contributed by atoms with Gasteiger partial charge in [0.2, 0.25) is 0 Å². The summed E-state index contributed by atoms with van der Waals surface area (Å²) in [5, 5.41) is 4.69. The fourth-order valence-electron chi connectivity index (χ4n) is 11.3. The molecule has 0 amide bonds. The van der Waals surface area contributed by atoms with E-state index in [1.165, 1.54) is 60.7 Å². The fraction of sp³-hybridized carbons (Fsp3) is 0.0161. The van der Waals surface area contributed by atoms with Crippen molar-refractivity contribution < 1.29 is 0 Å². The van der Waals surface area contributed by atoms with Crippen LogP contribution < -0.4 is 0 Å². The van der Waals surface area contributed by atoms with Gasteiger partial charge in [0.05, 0.1) is 16.4 Å². The van der Waals surface area contributed by atoms with Gasteiger partial charge in [0, 0.05) is 33.2 Å². The van der Waals surface area contributed by atoms with Crippen LogP contribution >= 0.6 is 0 Å². The molecule has 12 aromatic rings. The third-order valence-corrected chi connectivity index (χ3v) is 14.1. The first-order chi connectivity index (χ1) is 32.7. The number of para-hydroxylation sites is 3. The van der Waals surface area contributed by atoms with Gasteiger partial charge in [-0.25, -0.2) is 15.0 Å². The number of hydrogen-bond acceptors (Lipinski definition) is 3. The first kappa shape index (κ1) is 36.7. The van der Waals surface area contributed by atoms with Crippen LogP contribution in [0.1, 0.15) is 22.3 Å². The molecule has 0 aliphatic heterocycles. The molecular formula is C62H38N4. The summed E-state index contributed by atoms with van der Waals surface area (Å²) in [4.78, 5) is 16.2. The van der Waals surface area contributed by atoms with Crippen molar-refractivity contribution in [3.63, 3.8) is 0 Å². The van der Waals surface area contributed by atoms with Gasteiger partial charge in [-0.3, -0.25) is 0 Å². The maximum absolute atomic E-state index is 5.48. The molecule has 0 radical (unpaired) electrons. The summed E-state index contributed by atoms with van der Waals surface area (Å²) in [6.45, 7) is 0. The minimum absolute atomic E-state index is 0.492. The van der Waals surface area contributed by atoms with Gasteiger partial charge in [-0.1, -0.05) is 200 Å². The average Bonchev–Trinajstić information content (AvgIpc) is 4.01. The molecule has 66 heavy (non-hydrogen) atoms. The Labute approximate surface area is 381 Å². The van der Waals surface area contributed by atoms with Crippen molar-refractivity contribution in [2.24, 2.45) is 0 Å². The van der Waals surface area contributed by atoms with E-state index in [-0.39, 0.29) is 0 Å². The lowest BCUT2D eigenvalue weighted by Crippen LogP contribution is -2.26. The molecule has 0 saturated carbocycles. The van der Waals surface area contributed by atoms with Crippen LogP contribution in [0.5, 0.6) is 0 Å². The smallest absolute Gasteiger partial charge is 0.166 e. The van der Waals surface area contributed by atoms with Crippen LogP contribution in [0, 0.1) is 0 Å².